The van der Waals surface area contributed by atoms with Crippen molar-refractivity contribution in [2.24, 2.45) is 5.73 Å². The number of nitrogens with zero attached hydrogens (tertiary/aromatic N) is 3. The molecule has 0 aliphatic carbocycles. The topological polar surface area (TPSA) is 95.3 Å². The molecule has 2 aromatic carbocycles. The summed E-state index contributed by atoms with van der Waals surface area (Å²) in [5, 5.41) is 0. The molecule has 1 amide bonds. The Kier molecular flexibility index (Phi) is 5.65. The molecule has 0 unspecified atom stereocenters. The average Bonchev–Trinajstić information content (AvgIpc) is 3.39. The summed E-state index contributed by atoms with van der Waals surface area (Å²) in [5.41, 5.74) is 8.60. The number of fused-ring (bicyclic) bond motifs is 1. The molecule has 0 saturated carbocycles. The van der Waals surface area contributed by atoms with Crippen LogP contribution in [-0.4, -0.2) is 58.6 Å². The van der Waals surface area contributed by atoms with E-state index in [2.05, 4.69) is 4.98 Å². The highest BCUT2D eigenvalue weighted by atomic mass is 16.2. The van der Waals surface area contributed by atoms with Crippen molar-refractivity contribution in [1.29, 1.82) is 0 Å². The lowest BCUT2D eigenvalue weighted by molar-refractivity contribution is -0.137. The molecular formula is C23H27N5O2. The Morgan fingerprint density at radius 1 is 1.23 bits per heavy atom. The molecule has 1 aliphatic rings. The van der Waals surface area contributed by atoms with Crippen molar-refractivity contribution in [3.05, 3.63) is 65.5 Å². The molecule has 0 spiro atoms. The van der Waals surface area contributed by atoms with E-state index in [1.54, 1.807) is 12.1 Å². The minimum absolute atomic E-state index is 0.0250. The maximum atomic E-state index is 13.6. The summed E-state index contributed by atoms with van der Waals surface area (Å²) in [4.78, 5) is 37.4. The van der Waals surface area contributed by atoms with E-state index >= 15 is 0 Å². The second-order valence-electron chi connectivity index (χ2n) is 7.95. The SMILES string of the molecule is CN(C)[C@@H](C(=O)N1CCC[C@H]1c1nc2ccc(C(=O)CN)cc2[nH]1)c1ccccc1. The van der Waals surface area contributed by atoms with Gasteiger partial charge in [-0.3, -0.25) is 14.5 Å². The Labute approximate surface area is 175 Å². The highest BCUT2D eigenvalue weighted by Gasteiger charge is 2.37. The molecule has 0 radical (unpaired) electrons. The van der Waals surface area contributed by atoms with Crippen molar-refractivity contribution in [2.45, 2.75) is 24.9 Å². The van der Waals surface area contributed by atoms with Gasteiger partial charge >= 0.3 is 0 Å². The number of ketones is 1. The first kappa shape index (κ1) is 20.3. The van der Waals surface area contributed by atoms with E-state index in [-0.39, 0.29) is 30.3 Å². The number of hydrogen-bond acceptors (Lipinski definition) is 5. The van der Waals surface area contributed by atoms with E-state index in [0.29, 0.717) is 12.1 Å². The fourth-order valence-corrected chi connectivity index (χ4v) is 4.25. The van der Waals surface area contributed by atoms with Crippen molar-refractivity contribution in [1.82, 2.24) is 19.8 Å². The van der Waals surface area contributed by atoms with Crippen LogP contribution in [0.2, 0.25) is 0 Å². The summed E-state index contributed by atoms with van der Waals surface area (Å²) in [6.45, 7) is 0.678. The molecule has 1 saturated heterocycles. The zero-order chi connectivity index (χ0) is 21.3. The summed E-state index contributed by atoms with van der Waals surface area (Å²) >= 11 is 0. The number of rotatable bonds is 6. The highest BCUT2D eigenvalue weighted by molar-refractivity contribution is 6.00. The summed E-state index contributed by atoms with van der Waals surface area (Å²) in [5.74, 6) is 0.731. The predicted octanol–water partition coefficient (Wildman–Crippen LogP) is 2.67. The van der Waals surface area contributed by atoms with Crippen LogP contribution in [0.3, 0.4) is 0 Å². The Morgan fingerprint density at radius 2 is 2.00 bits per heavy atom. The van der Waals surface area contributed by atoms with E-state index in [1.165, 1.54) is 0 Å². The largest absolute Gasteiger partial charge is 0.340 e. The predicted molar refractivity (Wildman–Crippen MR) is 116 cm³/mol. The smallest absolute Gasteiger partial charge is 0.245 e. The van der Waals surface area contributed by atoms with Gasteiger partial charge in [0.05, 0.1) is 23.6 Å². The van der Waals surface area contributed by atoms with Gasteiger partial charge in [0.2, 0.25) is 5.91 Å². The molecule has 1 fully saturated rings. The maximum absolute atomic E-state index is 13.6. The van der Waals surface area contributed by atoms with Gasteiger partial charge in [-0.1, -0.05) is 30.3 Å². The molecule has 0 bridgehead atoms. The van der Waals surface area contributed by atoms with Gasteiger partial charge in [0.15, 0.2) is 5.78 Å². The number of carbonyl (C=O) groups excluding carboxylic acids is 2. The first-order valence-electron chi connectivity index (χ1n) is 10.2. The number of imidazole rings is 1. The van der Waals surface area contributed by atoms with Crippen molar-refractivity contribution in [2.75, 3.05) is 27.2 Å². The molecule has 4 rings (SSSR count). The average molecular weight is 406 g/mol. The lowest BCUT2D eigenvalue weighted by Crippen LogP contribution is -2.40. The number of nitrogens with one attached hydrogen (secondary N) is 1. The third kappa shape index (κ3) is 3.74. The number of aromatic nitrogens is 2. The van der Waals surface area contributed by atoms with Crippen LogP contribution in [0.25, 0.3) is 11.0 Å². The Bertz CT molecular complexity index is 1060. The van der Waals surface area contributed by atoms with Crippen molar-refractivity contribution in [3.8, 4) is 0 Å². The van der Waals surface area contributed by atoms with Crippen LogP contribution in [-0.2, 0) is 4.79 Å². The maximum Gasteiger partial charge on any atom is 0.245 e. The number of hydrogen-bond donors (Lipinski definition) is 2. The molecule has 30 heavy (non-hydrogen) atoms. The zero-order valence-corrected chi connectivity index (χ0v) is 17.3. The molecule has 1 aromatic heterocycles. The van der Waals surface area contributed by atoms with Crippen LogP contribution in [0.15, 0.2) is 48.5 Å². The molecule has 2 heterocycles. The molecule has 2 atom stereocenters. The van der Waals surface area contributed by atoms with Crippen LogP contribution < -0.4 is 5.73 Å². The zero-order valence-electron chi connectivity index (χ0n) is 17.3. The van der Waals surface area contributed by atoms with Crippen molar-refractivity contribution < 1.29 is 9.59 Å². The molecular weight excluding hydrogens is 378 g/mol. The first-order valence-corrected chi connectivity index (χ1v) is 10.2. The number of amides is 1. The number of Topliss-reactive ketones (excluding diaryl/α,β-unsaturated/α-hetero) is 1. The molecule has 7 nitrogen and oxygen atoms in total. The van der Waals surface area contributed by atoms with Gasteiger partial charge < -0.3 is 15.6 Å². The minimum Gasteiger partial charge on any atom is -0.340 e. The number of aromatic amines is 1. The van der Waals surface area contributed by atoms with Crippen LogP contribution in [0, 0.1) is 0 Å². The van der Waals surface area contributed by atoms with Gasteiger partial charge in [-0.15, -0.1) is 0 Å². The van der Waals surface area contributed by atoms with Gasteiger partial charge in [0.25, 0.3) is 0 Å². The van der Waals surface area contributed by atoms with Gasteiger partial charge in [-0.2, -0.15) is 0 Å². The summed E-state index contributed by atoms with van der Waals surface area (Å²) < 4.78 is 0. The molecule has 1 aliphatic heterocycles. The van der Waals surface area contributed by atoms with Gasteiger partial charge in [0, 0.05) is 12.1 Å². The number of likely N-dealkylation sites (tertiary alicyclic amines) is 1. The van der Waals surface area contributed by atoms with Crippen LogP contribution in [0.4, 0.5) is 0 Å². The summed E-state index contributed by atoms with van der Waals surface area (Å²) in [6, 6.07) is 14.8. The number of carbonyl (C=O) groups is 2. The third-order valence-electron chi connectivity index (χ3n) is 5.72. The fraction of sp³-hybridized carbons (Fsp3) is 0.348. The van der Waals surface area contributed by atoms with Gasteiger partial charge in [0.1, 0.15) is 11.9 Å². The number of benzene rings is 2. The van der Waals surface area contributed by atoms with Crippen LogP contribution in [0.5, 0.6) is 0 Å². The van der Waals surface area contributed by atoms with Crippen LogP contribution >= 0.6 is 0 Å². The lowest BCUT2D eigenvalue weighted by Gasteiger charge is -2.31. The van der Waals surface area contributed by atoms with E-state index in [0.717, 1.165) is 35.3 Å². The molecule has 3 aromatic rings. The van der Waals surface area contributed by atoms with E-state index in [4.69, 9.17) is 10.7 Å². The first-order chi connectivity index (χ1) is 14.5. The van der Waals surface area contributed by atoms with E-state index in [9.17, 15) is 9.59 Å². The number of nitrogens with two attached hydrogens (primary N) is 1. The minimum atomic E-state index is -0.343. The van der Waals surface area contributed by atoms with Crippen molar-refractivity contribution >= 4 is 22.7 Å². The molecule has 3 N–H and O–H groups in total. The van der Waals surface area contributed by atoms with Crippen molar-refractivity contribution in [3.63, 3.8) is 0 Å². The fourth-order valence-electron chi connectivity index (χ4n) is 4.25. The molecule has 156 valence electrons. The lowest BCUT2D eigenvalue weighted by atomic mass is 10.0. The monoisotopic (exact) mass is 405 g/mol. The number of H-pyrrole nitrogens is 1. The Morgan fingerprint density at radius 3 is 2.70 bits per heavy atom. The normalized spacial score (nSPS) is 17.6. The summed E-state index contributed by atoms with van der Waals surface area (Å²) in [6.07, 6.45) is 1.79. The van der Waals surface area contributed by atoms with Crippen LogP contribution in [0.1, 0.15) is 46.7 Å². The Balaban J connectivity index is 1.64. The Hall–Kier alpha value is -3.03. The highest BCUT2D eigenvalue weighted by Crippen LogP contribution is 2.35. The second-order valence-corrected chi connectivity index (χ2v) is 7.95. The summed E-state index contributed by atoms with van der Waals surface area (Å²) in [7, 11) is 3.86. The van der Waals surface area contributed by atoms with Gasteiger partial charge in [-0.05, 0) is 50.7 Å². The van der Waals surface area contributed by atoms with E-state index in [1.807, 2.05) is 60.3 Å². The standard InChI is InChI=1S/C23H27N5O2/c1-27(2)21(15-7-4-3-5-8-15)23(30)28-12-6-9-19(28)22-25-17-11-10-16(20(29)14-24)13-18(17)26-22/h3-5,7-8,10-11,13,19,21H,6,9,12,14,24H2,1-2H3,(H,25,26)/t19-,21+/m0/s1. The number of likely N-dealkylation sites (N-methyl/N-ethyl adjacent to an activating group) is 1. The molecule has 7 heteroatoms. The third-order valence-corrected chi connectivity index (χ3v) is 5.72. The van der Waals surface area contributed by atoms with Gasteiger partial charge in [-0.25, -0.2) is 4.98 Å². The second kappa shape index (κ2) is 8.38. The quantitative estimate of drug-likeness (QED) is 0.615. The van der Waals surface area contributed by atoms with E-state index < -0.39 is 0 Å².